The molecule has 0 bridgehead atoms. The van der Waals surface area contributed by atoms with Gasteiger partial charge < -0.3 is 4.90 Å². The molecule has 0 heterocycles. The lowest BCUT2D eigenvalue weighted by Crippen LogP contribution is -2.42. The molecule has 2 N–H and O–H groups in total. The average Bonchev–Trinajstić information content (AvgIpc) is 3.13. The Labute approximate surface area is 148 Å². The van der Waals surface area contributed by atoms with E-state index in [1.54, 1.807) is 23.9 Å². The summed E-state index contributed by atoms with van der Waals surface area (Å²) in [4.78, 5) is 26.1. The molecule has 1 aliphatic carbocycles. The zero-order chi connectivity index (χ0) is 17.4. The number of rotatable bonds is 7. The van der Waals surface area contributed by atoms with E-state index >= 15 is 0 Å². The second-order valence-corrected chi connectivity index (χ2v) is 7.23. The summed E-state index contributed by atoms with van der Waals surface area (Å²) in [6.07, 6.45) is 4.92. The van der Waals surface area contributed by atoms with E-state index in [-0.39, 0.29) is 11.8 Å². The third kappa shape index (κ3) is 5.44. The molecule has 5 nitrogen and oxygen atoms in total. The van der Waals surface area contributed by atoms with Gasteiger partial charge in [-0.1, -0.05) is 12.8 Å². The monoisotopic (exact) mass is 349 g/mol. The van der Waals surface area contributed by atoms with E-state index in [2.05, 4.69) is 29.6 Å². The molecule has 1 fully saturated rings. The standard InChI is InChI=1S/C18H27N3O2S/c1-3-21(4-2)15-11-9-14(10-12-15)18(23)20-19-17(22)13-24-16-7-5-6-8-16/h9-12,16H,3-8,13H2,1-2H3,(H,19,22)(H,20,23). The Morgan fingerprint density at radius 3 is 2.29 bits per heavy atom. The Bertz CT molecular complexity index is 538. The highest BCUT2D eigenvalue weighted by atomic mass is 32.2. The third-order valence-corrected chi connectivity index (χ3v) is 5.70. The lowest BCUT2D eigenvalue weighted by atomic mass is 10.2. The zero-order valence-electron chi connectivity index (χ0n) is 14.5. The lowest BCUT2D eigenvalue weighted by molar-refractivity contribution is -0.119. The number of nitrogens with zero attached hydrogens (tertiary/aromatic N) is 1. The van der Waals surface area contributed by atoms with Crippen molar-refractivity contribution in [2.45, 2.75) is 44.8 Å². The van der Waals surface area contributed by atoms with Crippen molar-refractivity contribution in [3.63, 3.8) is 0 Å². The number of hydrogen-bond acceptors (Lipinski definition) is 4. The summed E-state index contributed by atoms with van der Waals surface area (Å²) in [6, 6.07) is 7.42. The molecule has 1 saturated carbocycles. The van der Waals surface area contributed by atoms with Crippen molar-refractivity contribution in [1.29, 1.82) is 0 Å². The van der Waals surface area contributed by atoms with Gasteiger partial charge in [-0.15, -0.1) is 11.8 Å². The van der Waals surface area contributed by atoms with E-state index in [1.807, 2.05) is 12.1 Å². The van der Waals surface area contributed by atoms with Crippen LogP contribution in [0.3, 0.4) is 0 Å². The number of nitrogens with one attached hydrogen (secondary N) is 2. The Hall–Kier alpha value is -1.69. The smallest absolute Gasteiger partial charge is 0.269 e. The summed E-state index contributed by atoms with van der Waals surface area (Å²) in [5.74, 6) is -0.0495. The van der Waals surface area contributed by atoms with Crippen LogP contribution >= 0.6 is 11.8 Å². The Kier molecular flexibility index (Phi) is 7.43. The number of hydrogen-bond donors (Lipinski definition) is 2. The molecule has 0 unspecified atom stereocenters. The number of anilines is 1. The van der Waals surface area contributed by atoms with Crippen molar-refractivity contribution in [1.82, 2.24) is 10.9 Å². The van der Waals surface area contributed by atoms with E-state index in [4.69, 9.17) is 0 Å². The van der Waals surface area contributed by atoms with Gasteiger partial charge in [0, 0.05) is 29.6 Å². The van der Waals surface area contributed by atoms with E-state index < -0.39 is 0 Å². The second-order valence-electron chi connectivity index (χ2n) is 5.94. The Balaban J connectivity index is 1.76. The molecular formula is C18H27N3O2S. The summed E-state index contributed by atoms with van der Waals surface area (Å²) in [6.45, 7) is 6.06. The van der Waals surface area contributed by atoms with Gasteiger partial charge in [-0.3, -0.25) is 20.4 Å². The predicted molar refractivity (Wildman–Crippen MR) is 100 cm³/mol. The van der Waals surface area contributed by atoms with E-state index in [0.29, 0.717) is 16.6 Å². The van der Waals surface area contributed by atoms with Crippen LogP contribution in [0.15, 0.2) is 24.3 Å². The summed E-state index contributed by atoms with van der Waals surface area (Å²) in [7, 11) is 0. The average molecular weight is 350 g/mol. The van der Waals surface area contributed by atoms with Crippen LogP contribution in [0.5, 0.6) is 0 Å². The molecule has 0 spiro atoms. The van der Waals surface area contributed by atoms with Crippen molar-refractivity contribution < 1.29 is 9.59 Å². The number of carbonyl (C=O) groups excluding carboxylic acids is 2. The molecular weight excluding hydrogens is 322 g/mol. The van der Waals surface area contributed by atoms with E-state index in [0.717, 1.165) is 18.8 Å². The van der Waals surface area contributed by atoms with Crippen LogP contribution in [0.1, 0.15) is 49.9 Å². The zero-order valence-corrected chi connectivity index (χ0v) is 15.3. The molecule has 24 heavy (non-hydrogen) atoms. The van der Waals surface area contributed by atoms with Crippen molar-refractivity contribution in [3.8, 4) is 0 Å². The first-order chi connectivity index (χ1) is 11.6. The van der Waals surface area contributed by atoms with Crippen LogP contribution in [0.25, 0.3) is 0 Å². The SMILES string of the molecule is CCN(CC)c1ccc(C(=O)NNC(=O)CSC2CCCC2)cc1. The predicted octanol–water partition coefficient (Wildman–Crippen LogP) is 2.97. The molecule has 132 valence electrons. The minimum Gasteiger partial charge on any atom is -0.372 e. The van der Waals surface area contributed by atoms with E-state index in [9.17, 15) is 9.59 Å². The van der Waals surface area contributed by atoms with Crippen molar-refractivity contribution in [3.05, 3.63) is 29.8 Å². The van der Waals surface area contributed by atoms with Gasteiger partial charge in [-0.2, -0.15) is 0 Å². The van der Waals surface area contributed by atoms with Crippen LogP contribution in [-0.2, 0) is 4.79 Å². The molecule has 0 saturated heterocycles. The van der Waals surface area contributed by atoms with Crippen molar-refractivity contribution in [2.75, 3.05) is 23.7 Å². The van der Waals surface area contributed by atoms with Gasteiger partial charge in [0.05, 0.1) is 5.75 Å². The van der Waals surface area contributed by atoms with Crippen LogP contribution in [0, 0.1) is 0 Å². The molecule has 0 radical (unpaired) electrons. The molecule has 2 rings (SSSR count). The molecule has 1 aromatic carbocycles. The summed E-state index contributed by atoms with van der Waals surface area (Å²) < 4.78 is 0. The molecule has 2 amide bonds. The summed E-state index contributed by atoms with van der Waals surface area (Å²) in [5.41, 5.74) is 6.61. The maximum absolute atomic E-state index is 12.1. The van der Waals surface area contributed by atoms with Crippen molar-refractivity contribution in [2.24, 2.45) is 0 Å². The first-order valence-electron chi connectivity index (χ1n) is 8.69. The highest BCUT2D eigenvalue weighted by molar-refractivity contribution is 8.00. The number of thioether (sulfide) groups is 1. The lowest BCUT2D eigenvalue weighted by Gasteiger charge is -2.21. The molecule has 0 aliphatic heterocycles. The number of benzene rings is 1. The Morgan fingerprint density at radius 1 is 1.08 bits per heavy atom. The van der Waals surface area contributed by atoms with Gasteiger partial charge in [-0.25, -0.2) is 0 Å². The fourth-order valence-electron chi connectivity index (χ4n) is 2.90. The minimum atomic E-state index is -0.291. The maximum atomic E-state index is 12.1. The highest BCUT2D eigenvalue weighted by Crippen LogP contribution is 2.28. The van der Waals surface area contributed by atoms with Crippen LogP contribution in [0.4, 0.5) is 5.69 Å². The molecule has 1 aromatic rings. The first-order valence-corrected chi connectivity index (χ1v) is 9.74. The van der Waals surface area contributed by atoms with Crippen LogP contribution < -0.4 is 15.8 Å². The van der Waals surface area contributed by atoms with Gasteiger partial charge in [0.15, 0.2) is 0 Å². The molecule has 6 heteroatoms. The summed E-state index contributed by atoms with van der Waals surface area (Å²) >= 11 is 1.68. The molecule has 0 aromatic heterocycles. The number of carbonyl (C=O) groups is 2. The quantitative estimate of drug-likeness (QED) is 0.743. The van der Waals surface area contributed by atoms with E-state index in [1.165, 1.54) is 25.7 Å². The number of amides is 2. The van der Waals surface area contributed by atoms with Gasteiger partial charge in [0.25, 0.3) is 5.91 Å². The fraction of sp³-hybridized carbons (Fsp3) is 0.556. The highest BCUT2D eigenvalue weighted by Gasteiger charge is 2.17. The maximum Gasteiger partial charge on any atom is 0.269 e. The molecule has 1 aliphatic rings. The second kappa shape index (κ2) is 9.57. The van der Waals surface area contributed by atoms with Gasteiger partial charge in [0.1, 0.15) is 0 Å². The van der Waals surface area contributed by atoms with Gasteiger partial charge in [-0.05, 0) is 51.0 Å². The minimum absolute atomic E-state index is 0.153. The first kappa shape index (κ1) is 18.6. The normalized spacial score (nSPS) is 14.4. The van der Waals surface area contributed by atoms with Gasteiger partial charge in [0.2, 0.25) is 5.91 Å². The van der Waals surface area contributed by atoms with Crippen LogP contribution in [0.2, 0.25) is 0 Å². The Morgan fingerprint density at radius 2 is 1.71 bits per heavy atom. The van der Waals surface area contributed by atoms with Crippen molar-refractivity contribution >= 4 is 29.3 Å². The largest absolute Gasteiger partial charge is 0.372 e. The van der Waals surface area contributed by atoms with Gasteiger partial charge >= 0.3 is 0 Å². The topological polar surface area (TPSA) is 61.4 Å². The number of hydrazine groups is 1. The third-order valence-electron chi connectivity index (χ3n) is 4.33. The molecule has 0 atom stereocenters. The van der Waals surface area contributed by atoms with Crippen LogP contribution in [-0.4, -0.2) is 35.9 Å². The fourth-order valence-corrected chi connectivity index (χ4v) is 4.02. The summed E-state index contributed by atoms with van der Waals surface area (Å²) in [5, 5.41) is 0.596.